The maximum Gasteiger partial charge on any atom is 0.278 e. The Morgan fingerprint density at radius 3 is 1.34 bits per heavy atom. The SMILES string of the molecule is Cc1cc2c(N(c3ccccc3)c3ccccc3)ccc3c2n1-c1cc(C(C)(C)C)cc2c1B3c1ccc(N(c3ccccc3)c3ccccc3)c3cc(C(F)F)n-2c13. The van der Waals surface area contributed by atoms with E-state index in [1.165, 1.54) is 5.46 Å². The Morgan fingerprint density at radius 2 is 0.915 bits per heavy atom. The van der Waals surface area contributed by atoms with Crippen LogP contribution in [-0.2, 0) is 5.41 Å². The minimum Gasteiger partial charge on any atom is -0.315 e. The molecule has 4 nitrogen and oxygen atoms in total. The lowest BCUT2D eigenvalue weighted by Gasteiger charge is -2.37. The summed E-state index contributed by atoms with van der Waals surface area (Å²) in [6.45, 7) is 8.59. The van der Waals surface area contributed by atoms with E-state index in [0.29, 0.717) is 0 Å². The zero-order valence-electron chi connectivity index (χ0n) is 33.4. The van der Waals surface area contributed by atoms with Gasteiger partial charge in [0.25, 0.3) is 13.1 Å². The molecule has 4 heterocycles. The summed E-state index contributed by atoms with van der Waals surface area (Å²) in [5.74, 6) is 0. The van der Waals surface area contributed by atoms with Crippen molar-refractivity contribution >= 4 is 79.0 Å². The zero-order chi connectivity index (χ0) is 40.2. The van der Waals surface area contributed by atoms with Crippen LogP contribution in [0.4, 0.5) is 42.9 Å². The summed E-state index contributed by atoms with van der Waals surface area (Å²) >= 11 is 0. The van der Waals surface area contributed by atoms with E-state index in [2.05, 4.69) is 169 Å². The van der Waals surface area contributed by atoms with E-state index >= 15 is 8.78 Å². The molecule has 0 aliphatic carbocycles. The molecule has 59 heavy (non-hydrogen) atoms. The minimum absolute atomic E-state index is 0.00151. The molecule has 0 saturated carbocycles. The third-order valence-electron chi connectivity index (χ3n) is 12.3. The highest BCUT2D eigenvalue weighted by Crippen LogP contribution is 2.46. The van der Waals surface area contributed by atoms with E-state index in [9.17, 15) is 0 Å². The maximum atomic E-state index is 15.7. The van der Waals surface area contributed by atoms with Gasteiger partial charge in [-0.25, -0.2) is 8.78 Å². The van der Waals surface area contributed by atoms with Crippen molar-refractivity contribution in [3.05, 3.63) is 187 Å². The lowest BCUT2D eigenvalue weighted by atomic mass is 9.34. The first kappa shape index (κ1) is 35.3. The summed E-state index contributed by atoms with van der Waals surface area (Å²) < 4.78 is 35.7. The van der Waals surface area contributed by atoms with E-state index < -0.39 is 6.43 Å². The fourth-order valence-corrected chi connectivity index (χ4v) is 9.75. The van der Waals surface area contributed by atoms with Crippen LogP contribution in [0.1, 0.15) is 44.1 Å². The summed E-state index contributed by atoms with van der Waals surface area (Å²) in [5, 5.41) is 1.94. The molecule has 11 rings (SSSR count). The van der Waals surface area contributed by atoms with Crippen LogP contribution in [0, 0.1) is 6.92 Å². The van der Waals surface area contributed by atoms with Crippen molar-refractivity contribution in [2.24, 2.45) is 0 Å². The van der Waals surface area contributed by atoms with Crippen LogP contribution in [0.2, 0.25) is 0 Å². The Balaban J connectivity index is 1.24. The predicted octanol–water partition coefficient (Wildman–Crippen LogP) is 12.2. The maximum absolute atomic E-state index is 15.7. The number of anilines is 6. The van der Waals surface area contributed by atoms with Gasteiger partial charge >= 0.3 is 0 Å². The van der Waals surface area contributed by atoms with Gasteiger partial charge < -0.3 is 18.9 Å². The molecule has 9 aromatic rings. The summed E-state index contributed by atoms with van der Waals surface area (Å²) in [6, 6.07) is 58.9. The molecule has 0 amide bonds. The predicted molar refractivity (Wildman–Crippen MR) is 243 cm³/mol. The van der Waals surface area contributed by atoms with Gasteiger partial charge in [0.2, 0.25) is 0 Å². The molecule has 0 spiro atoms. The normalized spacial score (nSPS) is 12.7. The molecular formula is C52H41BF2N4. The highest BCUT2D eigenvalue weighted by molar-refractivity contribution is 7.00. The van der Waals surface area contributed by atoms with Crippen LogP contribution in [0.15, 0.2) is 170 Å². The molecule has 286 valence electrons. The Labute approximate surface area is 343 Å². The number of para-hydroxylation sites is 4. The Kier molecular flexibility index (Phi) is 7.83. The number of alkyl halides is 2. The molecule has 2 aliphatic rings. The standard InChI is InChI=1S/C52H41BF2N4/c1-33-29-39-43(57(35-17-9-5-10-18-35)36-19-11-6-12-20-36)27-25-41-49(39)56(33)45-30-34(52(2,3)4)31-46-48(45)53(41)42-26-28-44(40-32-47(51(54)55)59(46)50(40)42)58(37-21-13-7-14-22-37)38-23-15-8-16-24-38/h5-32,51H,1-4H3. The molecule has 2 aromatic heterocycles. The summed E-state index contributed by atoms with van der Waals surface area (Å²) in [6.07, 6.45) is -2.70. The molecule has 7 heteroatoms. The van der Waals surface area contributed by atoms with Crippen molar-refractivity contribution in [3.8, 4) is 11.4 Å². The van der Waals surface area contributed by atoms with Crippen molar-refractivity contribution in [2.75, 3.05) is 9.80 Å². The molecular weight excluding hydrogens is 729 g/mol. The smallest absolute Gasteiger partial charge is 0.278 e. The van der Waals surface area contributed by atoms with E-state index in [0.717, 1.165) is 89.5 Å². The van der Waals surface area contributed by atoms with Gasteiger partial charge in [0.05, 0.1) is 28.1 Å². The Morgan fingerprint density at radius 1 is 0.508 bits per heavy atom. The Bertz CT molecular complexity index is 3000. The largest absolute Gasteiger partial charge is 0.315 e. The van der Waals surface area contributed by atoms with E-state index in [1.807, 2.05) is 41.0 Å². The van der Waals surface area contributed by atoms with Crippen LogP contribution in [-0.4, -0.2) is 15.8 Å². The van der Waals surface area contributed by atoms with Crippen molar-refractivity contribution in [1.29, 1.82) is 0 Å². The number of aryl methyl sites for hydroxylation is 1. The van der Waals surface area contributed by atoms with E-state index in [-0.39, 0.29) is 17.8 Å². The second-order valence-electron chi connectivity index (χ2n) is 16.8. The number of hydrogen-bond donors (Lipinski definition) is 0. The van der Waals surface area contributed by atoms with Crippen LogP contribution < -0.4 is 26.2 Å². The third kappa shape index (κ3) is 5.27. The zero-order valence-corrected chi connectivity index (χ0v) is 33.4. The number of rotatable bonds is 7. The van der Waals surface area contributed by atoms with Crippen molar-refractivity contribution in [2.45, 2.75) is 39.5 Å². The summed E-state index contributed by atoms with van der Waals surface area (Å²) in [5.41, 5.74) is 15.0. The lowest BCUT2D eigenvalue weighted by molar-refractivity contribution is 0.144. The molecule has 0 fully saturated rings. The number of nitrogens with zero attached hydrogens (tertiary/aromatic N) is 4. The van der Waals surface area contributed by atoms with Gasteiger partial charge in [-0.2, -0.15) is 0 Å². The van der Waals surface area contributed by atoms with E-state index in [1.54, 1.807) is 6.07 Å². The molecule has 7 aromatic carbocycles. The van der Waals surface area contributed by atoms with Crippen LogP contribution in [0.5, 0.6) is 0 Å². The fourth-order valence-electron chi connectivity index (χ4n) is 9.75. The molecule has 0 atom stereocenters. The van der Waals surface area contributed by atoms with Crippen molar-refractivity contribution in [1.82, 2.24) is 9.13 Å². The molecule has 0 radical (unpaired) electrons. The average molecular weight is 771 g/mol. The molecule has 0 unspecified atom stereocenters. The topological polar surface area (TPSA) is 16.3 Å². The molecule has 2 aliphatic heterocycles. The highest BCUT2D eigenvalue weighted by Gasteiger charge is 2.43. The number of hydrogen-bond acceptors (Lipinski definition) is 2. The summed E-state index contributed by atoms with van der Waals surface area (Å²) in [7, 11) is 0. The second-order valence-corrected chi connectivity index (χ2v) is 16.8. The fraction of sp³-hybridized carbons (Fsp3) is 0.115. The minimum atomic E-state index is -2.70. The number of benzene rings is 7. The summed E-state index contributed by atoms with van der Waals surface area (Å²) in [4.78, 5) is 4.53. The van der Waals surface area contributed by atoms with Gasteiger partial charge in [-0.3, -0.25) is 0 Å². The highest BCUT2D eigenvalue weighted by atomic mass is 19.3. The Hall–Kier alpha value is -6.86. The van der Waals surface area contributed by atoms with Crippen LogP contribution in [0.3, 0.4) is 0 Å². The number of aromatic nitrogens is 2. The van der Waals surface area contributed by atoms with Gasteiger partial charge in [-0.05, 0) is 119 Å². The molecule has 0 bridgehead atoms. The van der Waals surface area contributed by atoms with Gasteiger partial charge in [-0.1, -0.05) is 106 Å². The second kappa shape index (κ2) is 13.1. The monoisotopic (exact) mass is 770 g/mol. The molecule has 0 N–H and O–H groups in total. The van der Waals surface area contributed by atoms with Gasteiger partial charge in [0.1, 0.15) is 0 Å². The van der Waals surface area contributed by atoms with Crippen molar-refractivity contribution < 1.29 is 8.78 Å². The van der Waals surface area contributed by atoms with E-state index in [4.69, 9.17) is 0 Å². The number of fused-ring (bicyclic) bond motifs is 4. The quantitative estimate of drug-likeness (QED) is 0.150. The van der Waals surface area contributed by atoms with Crippen LogP contribution in [0.25, 0.3) is 33.2 Å². The number of halogens is 2. The van der Waals surface area contributed by atoms with Gasteiger partial charge in [0, 0.05) is 50.6 Å². The molecule has 0 saturated heterocycles. The first-order chi connectivity index (χ1) is 28.7. The lowest BCUT2D eigenvalue weighted by Crippen LogP contribution is -2.59. The third-order valence-corrected chi connectivity index (χ3v) is 12.3. The first-order valence-corrected chi connectivity index (χ1v) is 20.3. The van der Waals surface area contributed by atoms with Gasteiger partial charge in [-0.15, -0.1) is 0 Å². The van der Waals surface area contributed by atoms with Gasteiger partial charge in [0.15, 0.2) is 0 Å². The first-order valence-electron chi connectivity index (χ1n) is 20.3. The van der Waals surface area contributed by atoms with Crippen LogP contribution >= 0.6 is 0 Å². The van der Waals surface area contributed by atoms with Crippen molar-refractivity contribution in [3.63, 3.8) is 0 Å². The average Bonchev–Trinajstić information content (AvgIpc) is 3.83.